The molecule has 1 aliphatic rings. The zero-order chi connectivity index (χ0) is 13.3. The van der Waals surface area contributed by atoms with Gasteiger partial charge in [-0.3, -0.25) is 11.3 Å². The van der Waals surface area contributed by atoms with Gasteiger partial charge >= 0.3 is 12.4 Å². The van der Waals surface area contributed by atoms with E-state index >= 15 is 0 Å². The second-order valence-corrected chi connectivity index (χ2v) is 3.88. The number of ether oxygens (including phenoxy) is 1. The fourth-order valence-electron chi connectivity index (χ4n) is 1.93. The van der Waals surface area contributed by atoms with Gasteiger partial charge in [0.05, 0.1) is 6.61 Å². The van der Waals surface area contributed by atoms with Gasteiger partial charge in [0.15, 0.2) is 5.92 Å². The highest BCUT2D eigenvalue weighted by Crippen LogP contribution is 2.43. The largest absolute Gasteiger partial charge is 0.402 e. The predicted octanol–water partition coefficient (Wildman–Crippen LogP) is 1.60. The molecule has 2 atom stereocenters. The normalized spacial score (nSPS) is 24.4. The molecule has 1 aliphatic heterocycles. The van der Waals surface area contributed by atoms with Crippen LogP contribution in [0.4, 0.5) is 26.3 Å². The Kier molecular flexibility index (Phi) is 4.26. The molecule has 0 spiro atoms. The van der Waals surface area contributed by atoms with Gasteiger partial charge in [-0.25, -0.2) is 0 Å². The molecule has 0 radical (unpaired) electrons. The van der Waals surface area contributed by atoms with Crippen LogP contribution in [0.25, 0.3) is 0 Å². The molecule has 0 saturated carbocycles. The molecular weight excluding hydrogens is 254 g/mol. The van der Waals surface area contributed by atoms with Gasteiger partial charge in [0.1, 0.15) is 0 Å². The molecule has 9 heteroatoms. The number of halogens is 6. The molecule has 17 heavy (non-hydrogen) atoms. The molecule has 1 rings (SSSR count). The minimum Gasteiger partial charge on any atom is -0.381 e. The highest BCUT2D eigenvalue weighted by molar-refractivity contribution is 4.91. The maximum atomic E-state index is 12.5. The molecular formula is C8H12F6N2O. The van der Waals surface area contributed by atoms with Crippen LogP contribution in [0.1, 0.15) is 6.42 Å². The van der Waals surface area contributed by atoms with Crippen LogP contribution in [0, 0.1) is 11.8 Å². The SMILES string of the molecule is NNC(C1CCOC1)C(C(F)(F)F)C(F)(F)F. The summed E-state index contributed by atoms with van der Waals surface area (Å²) < 4.78 is 79.5. The van der Waals surface area contributed by atoms with Crippen LogP contribution in [-0.2, 0) is 4.74 Å². The van der Waals surface area contributed by atoms with Gasteiger partial charge in [0, 0.05) is 18.6 Å². The minimum atomic E-state index is -5.39. The molecule has 0 bridgehead atoms. The number of nitrogens with two attached hydrogens (primary N) is 1. The van der Waals surface area contributed by atoms with Crippen molar-refractivity contribution < 1.29 is 31.1 Å². The van der Waals surface area contributed by atoms with Crippen LogP contribution >= 0.6 is 0 Å². The van der Waals surface area contributed by atoms with Crippen molar-refractivity contribution in [1.29, 1.82) is 0 Å². The molecule has 0 aromatic heterocycles. The Morgan fingerprint density at radius 3 is 1.94 bits per heavy atom. The second kappa shape index (κ2) is 4.99. The minimum absolute atomic E-state index is 0.123. The summed E-state index contributed by atoms with van der Waals surface area (Å²) in [5.74, 6) is 0.466. The molecule has 3 nitrogen and oxygen atoms in total. The number of hydrogen-bond acceptors (Lipinski definition) is 3. The summed E-state index contributed by atoms with van der Waals surface area (Å²) in [7, 11) is 0. The first-order valence-electron chi connectivity index (χ1n) is 4.85. The molecule has 1 fully saturated rings. The molecule has 102 valence electrons. The lowest BCUT2D eigenvalue weighted by Gasteiger charge is -2.33. The van der Waals surface area contributed by atoms with E-state index in [2.05, 4.69) is 0 Å². The highest BCUT2D eigenvalue weighted by atomic mass is 19.4. The average molecular weight is 266 g/mol. The number of hydrogen-bond donors (Lipinski definition) is 2. The Balaban J connectivity index is 2.94. The summed E-state index contributed by atoms with van der Waals surface area (Å²) in [5, 5.41) is 0. The Morgan fingerprint density at radius 2 is 1.65 bits per heavy atom. The summed E-state index contributed by atoms with van der Waals surface area (Å²) in [6, 6.07) is -1.92. The van der Waals surface area contributed by atoms with Crippen LogP contribution in [0.3, 0.4) is 0 Å². The molecule has 0 aliphatic carbocycles. The maximum Gasteiger partial charge on any atom is 0.402 e. The molecule has 0 aromatic carbocycles. The fourth-order valence-corrected chi connectivity index (χ4v) is 1.93. The van der Waals surface area contributed by atoms with Gasteiger partial charge in [-0.1, -0.05) is 0 Å². The third kappa shape index (κ3) is 3.46. The Labute approximate surface area is 93.3 Å². The van der Waals surface area contributed by atoms with Crippen molar-refractivity contribution >= 4 is 0 Å². The van der Waals surface area contributed by atoms with Gasteiger partial charge in [0.2, 0.25) is 0 Å². The van der Waals surface area contributed by atoms with Crippen LogP contribution < -0.4 is 11.3 Å². The standard InChI is InChI=1S/C8H12F6N2O/c9-7(10,11)6(8(12,13)14)5(16-15)4-1-2-17-3-4/h4-6,16H,1-3,15H2. The topological polar surface area (TPSA) is 47.3 Å². The van der Waals surface area contributed by atoms with Gasteiger partial charge in [-0.2, -0.15) is 26.3 Å². The molecule has 1 saturated heterocycles. The fraction of sp³-hybridized carbons (Fsp3) is 1.00. The second-order valence-electron chi connectivity index (χ2n) is 3.88. The third-order valence-electron chi connectivity index (χ3n) is 2.73. The van der Waals surface area contributed by atoms with Crippen molar-refractivity contribution in [2.45, 2.75) is 24.8 Å². The lowest BCUT2D eigenvalue weighted by molar-refractivity contribution is -0.295. The summed E-state index contributed by atoms with van der Waals surface area (Å²) in [6.07, 6.45) is -10.7. The average Bonchev–Trinajstić information content (AvgIpc) is 2.61. The highest BCUT2D eigenvalue weighted by Gasteiger charge is 2.61. The molecule has 0 aromatic rings. The molecule has 3 N–H and O–H groups in total. The molecule has 2 unspecified atom stereocenters. The first-order chi connectivity index (χ1) is 7.68. The van der Waals surface area contributed by atoms with Crippen molar-refractivity contribution in [2.75, 3.05) is 13.2 Å². The maximum absolute atomic E-state index is 12.5. The number of alkyl halides is 6. The Hall–Kier alpha value is -0.540. The van der Waals surface area contributed by atoms with E-state index in [1.54, 1.807) is 5.43 Å². The smallest absolute Gasteiger partial charge is 0.381 e. The van der Waals surface area contributed by atoms with Crippen molar-refractivity contribution in [1.82, 2.24) is 5.43 Å². The summed E-state index contributed by atoms with van der Waals surface area (Å²) in [5.41, 5.74) is 1.64. The lowest BCUT2D eigenvalue weighted by Crippen LogP contribution is -2.56. The Bertz CT molecular complexity index is 233. The third-order valence-corrected chi connectivity index (χ3v) is 2.73. The summed E-state index contributed by atoms with van der Waals surface area (Å²) >= 11 is 0. The quantitative estimate of drug-likeness (QED) is 0.463. The van der Waals surface area contributed by atoms with Crippen LogP contribution in [0.2, 0.25) is 0 Å². The molecule has 1 heterocycles. The van der Waals surface area contributed by atoms with E-state index in [0.717, 1.165) is 0 Å². The van der Waals surface area contributed by atoms with Crippen molar-refractivity contribution in [3.8, 4) is 0 Å². The van der Waals surface area contributed by atoms with Crippen molar-refractivity contribution in [3.63, 3.8) is 0 Å². The van der Waals surface area contributed by atoms with Gasteiger partial charge < -0.3 is 4.74 Å². The Morgan fingerprint density at radius 1 is 1.12 bits per heavy atom. The van der Waals surface area contributed by atoms with Crippen LogP contribution in [0.5, 0.6) is 0 Å². The number of hydrazine groups is 1. The summed E-state index contributed by atoms with van der Waals surface area (Å²) in [6.45, 7) is -0.0111. The van der Waals surface area contributed by atoms with E-state index in [1.807, 2.05) is 0 Å². The van der Waals surface area contributed by atoms with Crippen molar-refractivity contribution in [3.05, 3.63) is 0 Å². The monoisotopic (exact) mass is 266 g/mol. The van der Waals surface area contributed by atoms with E-state index in [4.69, 9.17) is 10.6 Å². The van der Waals surface area contributed by atoms with E-state index in [9.17, 15) is 26.3 Å². The van der Waals surface area contributed by atoms with E-state index < -0.39 is 30.2 Å². The van der Waals surface area contributed by atoms with E-state index in [-0.39, 0.29) is 19.6 Å². The van der Waals surface area contributed by atoms with Crippen molar-refractivity contribution in [2.24, 2.45) is 17.7 Å². The number of rotatable bonds is 3. The van der Waals surface area contributed by atoms with Crippen LogP contribution in [0.15, 0.2) is 0 Å². The van der Waals surface area contributed by atoms with E-state index in [1.165, 1.54) is 0 Å². The number of nitrogens with one attached hydrogen (secondary N) is 1. The van der Waals surface area contributed by atoms with Crippen LogP contribution in [-0.4, -0.2) is 31.6 Å². The zero-order valence-electron chi connectivity index (χ0n) is 8.61. The zero-order valence-corrected chi connectivity index (χ0v) is 8.61. The first-order valence-corrected chi connectivity index (χ1v) is 4.85. The summed E-state index contributed by atoms with van der Waals surface area (Å²) in [4.78, 5) is 0. The van der Waals surface area contributed by atoms with E-state index in [0.29, 0.717) is 0 Å². The molecule has 0 amide bonds. The first kappa shape index (κ1) is 14.5. The predicted molar refractivity (Wildman–Crippen MR) is 45.6 cm³/mol. The van der Waals surface area contributed by atoms with Gasteiger partial charge in [-0.15, -0.1) is 0 Å². The van der Waals surface area contributed by atoms with Gasteiger partial charge in [-0.05, 0) is 6.42 Å². The lowest BCUT2D eigenvalue weighted by atomic mass is 9.87. The van der Waals surface area contributed by atoms with Gasteiger partial charge in [0.25, 0.3) is 0 Å².